The molecular formula is C14H21ClF2N2O2. The SMILES string of the molecule is CN(CC(C)(C)CN)C(=O)c1ccc(OC(F)F)cc1.Cl. The average molecular weight is 323 g/mol. The van der Waals surface area contributed by atoms with Crippen molar-refractivity contribution in [3.8, 4) is 5.75 Å². The van der Waals surface area contributed by atoms with Gasteiger partial charge in [-0.15, -0.1) is 12.4 Å². The molecule has 2 N–H and O–H groups in total. The van der Waals surface area contributed by atoms with Crippen molar-refractivity contribution in [3.63, 3.8) is 0 Å². The van der Waals surface area contributed by atoms with Gasteiger partial charge < -0.3 is 15.4 Å². The number of ether oxygens (including phenoxy) is 1. The lowest BCUT2D eigenvalue weighted by Gasteiger charge is -2.29. The number of carbonyl (C=O) groups is 1. The van der Waals surface area contributed by atoms with Crippen LogP contribution in [0, 0.1) is 5.41 Å². The second kappa shape index (κ2) is 8.14. The fourth-order valence-corrected chi connectivity index (χ4v) is 1.78. The van der Waals surface area contributed by atoms with Gasteiger partial charge in [-0.25, -0.2) is 0 Å². The summed E-state index contributed by atoms with van der Waals surface area (Å²) in [6.45, 7) is 2.04. The highest BCUT2D eigenvalue weighted by molar-refractivity contribution is 5.94. The maximum absolute atomic E-state index is 12.2. The third-order valence-electron chi connectivity index (χ3n) is 2.89. The first-order valence-corrected chi connectivity index (χ1v) is 6.25. The number of hydrogen-bond donors (Lipinski definition) is 1. The summed E-state index contributed by atoms with van der Waals surface area (Å²) >= 11 is 0. The molecule has 0 aliphatic rings. The fourth-order valence-electron chi connectivity index (χ4n) is 1.78. The normalized spacial score (nSPS) is 11.0. The van der Waals surface area contributed by atoms with Crippen LogP contribution in [0.3, 0.4) is 0 Å². The molecular weight excluding hydrogens is 302 g/mol. The Balaban J connectivity index is 0.00000400. The molecule has 1 aromatic carbocycles. The van der Waals surface area contributed by atoms with Gasteiger partial charge in [0, 0.05) is 19.2 Å². The molecule has 1 amide bonds. The Hall–Kier alpha value is -1.40. The second-order valence-electron chi connectivity index (χ2n) is 5.43. The summed E-state index contributed by atoms with van der Waals surface area (Å²) < 4.78 is 28.3. The van der Waals surface area contributed by atoms with E-state index >= 15 is 0 Å². The Morgan fingerprint density at radius 3 is 2.29 bits per heavy atom. The average Bonchev–Trinajstić information content (AvgIpc) is 2.37. The van der Waals surface area contributed by atoms with E-state index in [2.05, 4.69) is 4.74 Å². The Morgan fingerprint density at radius 2 is 1.86 bits per heavy atom. The van der Waals surface area contributed by atoms with Crippen LogP contribution in [0.2, 0.25) is 0 Å². The van der Waals surface area contributed by atoms with E-state index in [1.54, 1.807) is 11.9 Å². The van der Waals surface area contributed by atoms with Crippen molar-refractivity contribution in [1.29, 1.82) is 0 Å². The molecule has 0 aliphatic carbocycles. The van der Waals surface area contributed by atoms with E-state index in [1.807, 2.05) is 13.8 Å². The van der Waals surface area contributed by atoms with E-state index in [1.165, 1.54) is 24.3 Å². The molecule has 7 heteroatoms. The minimum Gasteiger partial charge on any atom is -0.435 e. The van der Waals surface area contributed by atoms with E-state index < -0.39 is 6.61 Å². The zero-order valence-corrected chi connectivity index (χ0v) is 13.1. The molecule has 0 saturated heterocycles. The van der Waals surface area contributed by atoms with Gasteiger partial charge in [0.1, 0.15) is 5.75 Å². The number of benzene rings is 1. The summed E-state index contributed by atoms with van der Waals surface area (Å²) in [5.41, 5.74) is 5.88. The van der Waals surface area contributed by atoms with Crippen LogP contribution in [0.1, 0.15) is 24.2 Å². The molecule has 21 heavy (non-hydrogen) atoms. The van der Waals surface area contributed by atoms with Crippen molar-refractivity contribution in [3.05, 3.63) is 29.8 Å². The number of nitrogens with zero attached hydrogens (tertiary/aromatic N) is 1. The summed E-state index contributed by atoms with van der Waals surface area (Å²) in [5.74, 6) is -0.156. The predicted octanol–water partition coefficient (Wildman–Crippen LogP) is 2.77. The number of nitrogens with two attached hydrogens (primary N) is 1. The molecule has 0 unspecified atom stereocenters. The predicted molar refractivity (Wildman–Crippen MR) is 80.1 cm³/mol. The smallest absolute Gasteiger partial charge is 0.387 e. The molecule has 4 nitrogen and oxygen atoms in total. The zero-order chi connectivity index (χ0) is 15.3. The lowest BCUT2D eigenvalue weighted by Crippen LogP contribution is -2.39. The number of hydrogen-bond acceptors (Lipinski definition) is 3. The summed E-state index contributed by atoms with van der Waals surface area (Å²) in [5, 5.41) is 0. The Kier molecular flexibility index (Phi) is 7.60. The van der Waals surface area contributed by atoms with E-state index in [4.69, 9.17) is 5.73 Å². The summed E-state index contributed by atoms with van der Waals surface area (Å²) in [6.07, 6.45) is 0. The standard InChI is InChI=1S/C14H20F2N2O2.ClH/c1-14(2,8-17)9-18(3)12(19)10-4-6-11(7-5-10)20-13(15)16;/h4-7,13H,8-9,17H2,1-3H3;1H. The van der Waals surface area contributed by atoms with Crippen LogP contribution in [-0.4, -0.2) is 37.6 Å². The molecule has 1 aromatic rings. The summed E-state index contributed by atoms with van der Waals surface area (Å²) in [7, 11) is 1.68. The van der Waals surface area contributed by atoms with Crippen LogP contribution in [0.5, 0.6) is 5.75 Å². The van der Waals surface area contributed by atoms with Gasteiger partial charge in [0.05, 0.1) is 0 Å². The van der Waals surface area contributed by atoms with Gasteiger partial charge in [-0.2, -0.15) is 8.78 Å². The van der Waals surface area contributed by atoms with Crippen molar-refractivity contribution in [2.75, 3.05) is 20.1 Å². The lowest BCUT2D eigenvalue weighted by molar-refractivity contribution is -0.0498. The first-order chi connectivity index (χ1) is 9.25. The molecule has 120 valence electrons. The number of carbonyl (C=O) groups excluding carboxylic acids is 1. The molecule has 0 aromatic heterocycles. The van der Waals surface area contributed by atoms with E-state index in [0.29, 0.717) is 18.7 Å². The Bertz CT molecular complexity index is 453. The van der Waals surface area contributed by atoms with Crippen LogP contribution in [-0.2, 0) is 0 Å². The van der Waals surface area contributed by atoms with E-state index in [-0.39, 0.29) is 29.5 Å². The number of halogens is 3. The molecule has 0 aliphatic heterocycles. The molecule has 0 bridgehead atoms. The molecule has 0 saturated carbocycles. The zero-order valence-electron chi connectivity index (χ0n) is 12.3. The van der Waals surface area contributed by atoms with Gasteiger partial charge in [0.2, 0.25) is 0 Å². The van der Waals surface area contributed by atoms with Crippen LogP contribution in [0.15, 0.2) is 24.3 Å². The monoisotopic (exact) mass is 322 g/mol. The van der Waals surface area contributed by atoms with Crippen molar-refractivity contribution in [2.45, 2.75) is 20.5 Å². The van der Waals surface area contributed by atoms with Crippen LogP contribution in [0.25, 0.3) is 0 Å². The van der Waals surface area contributed by atoms with Crippen LogP contribution < -0.4 is 10.5 Å². The summed E-state index contributed by atoms with van der Waals surface area (Å²) in [6, 6.07) is 5.63. The topological polar surface area (TPSA) is 55.6 Å². The maximum Gasteiger partial charge on any atom is 0.387 e. The van der Waals surface area contributed by atoms with Crippen molar-refractivity contribution in [1.82, 2.24) is 4.90 Å². The Morgan fingerprint density at radius 1 is 1.33 bits per heavy atom. The highest BCUT2D eigenvalue weighted by Crippen LogP contribution is 2.18. The molecule has 1 rings (SSSR count). The highest BCUT2D eigenvalue weighted by atomic mass is 35.5. The van der Waals surface area contributed by atoms with Crippen LogP contribution >= 0.6 is 12.4 Å². The second-order valence-corrected chi connectivity index (χ2v) is 5.43. The van der Waals surface area contributed by atoms with Crippen molar-refractivity contribution >= 4 is 18.3 Å². The van der Waals surface area contributed by atoms with Gasteiger partial charge in [-0.1, -0.05) is 13.8 Å². The van der Waals surface area contributed by atoms with Crippen molar-refractivity contribution < 1.29 is 18.3 Å². The van der Waals surface area contributed by atoms with E-state index in [0.717, 1.165) is 0 Å². The first-order valence-electron chi connectivity index (χ1n) is 6.25. The third-order valence-corrected chi connectivity index (χ3v) is 2.89. The number of rotatable bonds is 6. The third kappa shape index (κ3) is 6.27. The number of alkyl halides is 2. The fraction of sp³-hybridized carbons (Fsp3) is 0.500. The molecule has 0 atom stereocenters. The van der Waals surface area contributed by atoms with Gasteiger partial charge in [0.25, 0.3) is 5.91 Å². The van der Waals surface area contributed by atoms with Gasteiger partial charge in [0.15, 0.2) is 0 Å². The van der Waals surface area contributed by atoms with Gasteiger partial charge in [-0.3, -0.25) is 4.79 Å². The minimum atomic E-state index is -2.87. The van der Waals surface area contributed by atoms with Gasteiger partial charge >= 0.3 is 6.61 Å². The van der Waals surface area contributed by atoms with E-state index in [9.17, 15) is 13.6 Å². The van der Waals surface area contributed by atoms with Gasteiger partial charge in [-0.05, 0) is 36.2 Å². The number of amides is 1. The van der Waals surface area contributed by atoms with Crippen molar-refractivity contribution in [2.24, 2.45) is 11.1 Å². The minimum absolute atomic E-state index is 0. The highest BCUT2D eigenvalue weighted by Gasteiger charge is 2.21. The summed E-state index contributed by atoms with van der Waals surface area (Å²) in [4.78, 5) is 13.7. The molecule has 0 fully saturated rings. The largest absolute Gasteiger partial charge is 0.435 e. The molecule has 0 heterocycles. The quantitative estimate of drug-likeness (QED) is 0.876. The maximum atomic E-state index is 12.2. The van der Waals surface area contributed by atoms with Crippen LogP contribution in [0.4, 0.5) is 8.78 Å². The molecule has 0 spiro atoms. The first kappa shape index (κ1) is 19.6. The lowest BCUT2D eigenvalue weighted by atomic mass is 9.93. The molecule has 0 radical (unpaired) electrons. The Labute approximate surface area is 129 Å².